The van der Waals surface area contributed by atoms with Crippen LogP contribution in [0.5, 0.6) is 0 Å². The quantitative estimate of drug-likeness (QED) is 0.455. The van der Waals surface area contributed by atoms with Crippen molar-refractivity contribution in [3.05, 3.63) is 0 Å². The SMILES string of the molecule is CCCCCC(=O)O[C@H](C)CC. The highest BCUT2D eigenvalue weighted by atomic mass is 16.5. The Hall–Kier alpha value is -0.530. The highest BCUT2D eigenvalue weighted by molar-refractivity contribution is 5.69. The fourth-order valence-corrected chi connectivity index (χ4v) is 0.886. The number of carbonyl (C=O) groups is 1. The summed E-state index contributed by atoms with van der Waals surface area (Å²) < 4.78 is 5.11. The van der Waals surface area contributed by atoms with Crippen molar-refractivity contribution in [2.24, 2.45) is 0 Å². The summed E-state index contributed by atoms with van der Waals surface area (Å²) in [6.45, 7) is 6.07. The maximum absolute atomic E-state index is 11.1. The molecule has 0 bridgehead atoms. The third-order valence-corrected chi connectivity index (χ3v) is 1.89. The monoisotopic (exact) mass is 172 g/mol. The van der Waals surface area contributed by atoms with E-state index in [4.69, 9.17) is 4.74 Å². The molecule has 0 aromatic rings. The highest BCUT2D eigenvalue weighted by Crippen LogP contribution is 2.03. The van der Waals surface area contributed by atoms with Crippen LogP contribution in [0, 0.1) is 0 Å². The van der Waals surface area contributed by atoms with Crippen molar-refractivity contribution in [2.45, 2.75) is 59.0 Å². The molecule has 0 radical (unpaired) electrons. The van der Waals surface area contributed by atoms with E-state index in [9.17, 15) is 4.79 Å². The summed E-state index contributed by atoms with van der Waals surface area (Å²) in [5.41, 5.74) is 0. The second-order valence-electron chi connectivity index (χ2n) is 3.17. The lowest BCUT2D eigenvalue weighted by atomic mass is 10.2. The van der Waals surface area contributed by atoms with Gasteiger partial charge in [0.15, 0.2) is 0 Å². The Morgan fingerprint density at radius 3 is 2.50 bits per heavy atom. The van der Waals surface area contributed by atoms with E-state index in [1.807, 2.05) is 13.8 Å². The molecule has 0 heterocycles. The number of ether oxygens (including phenoxy) is 1. The van der Waals surface area contributed by atoms with Crippen LogP contribution in [-0.2, 0) is 9.53 Å². The van der Waals surface area contributed by atoms with E-state index in [0.29, 0.717) is 6.42 Å². The molecule has 72 valence electrons. The first-order valence-corrected chi connectivity index (χ1v) is 4.90. The van der Waals surface area contributed by atoms with Crippen LogP contribution >= 0.6 is 0 Å². The van der Waals surface area contributed by atoms with Crippen LogP contribution in [-0.4, -0.2) is 12.1 Å². The van der Waals surface area contributed by atoms with Gasteiger partial charge in [0, 0.05) is 6.42 Å². The van der Waals surface area contributed by atoms with Crippen LogP contribution in [0.3, 0.4) is 0 Å². The van der Waals surface area contributed by atoms with Gasteiger partial charge in [-0.2, -0.15) is 0 Å². The molecule has 2 nitrogen and oxygen atoms in total. The van der Waals surface area contributed by atoms with E-state index in [2.05, 4.69) is 6.92 Å². The van der Waals surface area contributed by atoms with Gasteiger partial charge in [-0.3, -0.25) is 4.79 Å². The molecule has 0 rings (SSSR count). The normalized spacial score (nSPS) is 12.6. The zero-order valence-electron chi connectivity index (χ0n) is 8.43. The Kier molecular flexibility index (Phi) is 6.82. The number of rotatable bonds is 6. The van der Waals surface area contributed by atoms with Gasteiger partial charge >= 0.3 is 5.97 Å². The largest absolute Gasteiger partial charge is 0.463 e. The zero-order chi connectivity index (χ0) is 9.40. The van der Waals surface area contributed by atoms with Crippen molar-refractivity contribution in [1.82, 2.24) is 0 Å². The van der Waals surface area contributed by atoms with Crippen molar-refractivity contribution in [1.29, 1.82) is 0 Å². The molecule has 2 heteroatoms. The lowest BCUT2D eigenvalue weighted by molar-refractivity contribution is -0.148. The predicted molar refractivity (Wildman–Crippen MR) is 50.0 cm³/mol. The van der Waals surface area contributed by atoms with Crippen molar-refractivity contribution in [3.63, 3.8) is 0 Å². The van der Waals surface area contributed by atoms with Crippen LogP contribution < -0.4 is 0 Å². The Morgan fingerprint density at radius 2 is 2.00 bits per heavy atom. The summed E-state index contributed by atoms with van der Waals surface area (Å²) in [7, 11) is 0. The molecular formula is C10H20O2. The smallest absolute Gasteiger partial charge is 0.306 e. The van der Waals surface area contributed by atoms with Gasteiger partial charge in [-0.25, -0.2) is 0 Å². The lowest BCUT2D eigenvalue weighted by Crippen LogP contribution is -2.13. The summed E-state index contributed by atoms with van der Waals surface area (Å²) in [6, 6.07) is 0. The van der Waals surface area contributed by atoms with Crippen LogP contribution in [0.2, 0.25) is 0 Å². The summed E-state index contributed by atoms with van der Waals surface area (Å²) in [6.07, 6.45) is 4.80. The van der Waals surface area contributed by atoms with Gasteiger partial charge in [-0.15, -0.1) is 0 Å². The number of carbonyl (C=O) groups excluding carboxylic acids is 1. The molecule has 0 unspecified atom stereocenters. The molecular weight excluding hydrogens is 152 g/mol. The molecule has 0 aliphatic rings. The zero-order valence-corrected chi connectivity index (χ0v) is 8.43. The van der Waals surface area contributed by atoms with E-state index in [1.165, 1.54) is 0 Å². The number of unbranched alkanes of at least 4 members (excludes halogenated alkanes) is 2. The molecule has 12 heavy (non-hydrogen) atoms. The highest BCUT2D eigenvalue weighted by Gasteiger charge is 2.06. The fourth-order valence-electron chi connectivity index (χ4n) is 0.886. The van der Waals surface area contributed by atoms with E-state index in [-0.39, 0.29) is 12.1 Å². The first kappa shape index (κ1) is 11.5. The van der Waals surface area contributed by atoms with E-state index < -0.39 is 0 Å². The number of hydrogen-bond acceptors (Lipinski definition) is 2. The predicted octanol–water partition coefficient (Wildman–Crippen LogP) is 2.91. The molecule has 0 saturated carbocycles. The molecule has 0 aromatic heterocycles. The number of esters is 1. The second kappa shape index (κ2) is 7.14. The Morgan fingerprint density at radius 1 is 1.33 bits per heavy atom. The minimum Gasteiger partial charge on any atom is -0.463 e. The van der Waals surface area contributed by atoms with Gasteiger partial charge in [0.2, 0.25) is 0 Å². The molecule has 0 spiro atoms. The van der Waals surface area contributed by atoms with E-state index in [0.717, 1.165) is 25.7 Å². The average Bonchev–Trinajstić information content (AvgIpc) is 2.05. The fraction of sp³-hybridized carbons (Fsp3) is 0.900. The van der Waals surface area contributed by atoms with Crippen LogP contribution in [0.1, 0.15) is 52.9 Å². The average molecular weight is 172 g/mol. The molecule has 0 amide bonds. The first-order chi connectivity index (χ1) is 5.70. The van der Waals surface area contributed by atoms with E-state index >= 15 is 0 Å². The Balaban J connectivity index is 3.33. The number of hydrogen-bond donors (Lipinski definition) is 0. The van der Waals surface area contributed by atoms with Crippen LogP contribution in [0.15, 0.2) is 0 Å². The van der Waals surface area contributed by atoms with Crippen molar-refractivity contribution in [2.75, 3.05) is 0 Å². The van der Waals surface area contributed by atoms with Gasteiger partial charge in [0.05, 0.1) is 6.10 Å². The van der Waals surface area contributed by atoms with Gasteiger partial charge < -0.3 is 4.74 Å². The summed E-state index contributed by atoms with van der Waals surface area (Å²) >= 11 is 0. The third-order valence-electron chi connectivity index (χ3n) is 1.89. The van der Waals surface area contributed by atoms with Crippen molar-refractivity contribution in [3.8, 4) is 0 Å². The second-order valence-corrected chi connectivity index (χ2v) is 3.17. The lowest BCUT2D eigenvalue weighted by Gasteiger charge is -2.09. The maximum atomic E-state index is 11.1. The molecule has 0 aliphatic heterocycles. The minimum atomic E-state index is -0.0437. The van der Waals surface area contributed by atoms with Gasteiger partial charge in [-0.1, -0.05) is 26.7 Å². The molecule has 0 saturated heterocycles. The third kappa shape index (κ3) is 6.20. The van der Waals surface area contributed by atoms with Crippen LogP contribution in [0.25, 0.3) is 0 Å². The molecule has 0 fully saturated rings. The maximum Gasteiger partial charge on any atom is 0.306 e. The topological polar surface area (TPSA) is 26.3 Å². The minimum absolute atomic E-state index is 0.0437. The van der Waals surface area contributed by atoms with Gasteiger partial charge in [-0.05, 0) is 19.8 Å². The summed E-state index contributed by atoms with van der Waals surface area (Å²) in [5.74, 6) is -0.0437. The molecule has 0 aromatic carbocycles. The Labute approximate surface area is 75.3 Å². The van der Waals surface area contributed by atoms with Crippen LogP contribution in [0.4, 0.5) is 0 Å². The van der Waals surface area contributed by atoms with Crippen molar-refractivity contribution >= 4 is 5.97 Å². The van der Waals surface area contributed by atoms with Crippen molar-refractivity contribution < 1.29 is 9.53 Å². The molecule has 0 N–H and O–H groups in total. The Bertz CT molecular complexity index is 121. The van der Waals surface area contributed by atoms with Gasteiger partial charge in [0.25, 0.3) is 0 Å². The molecule has 0 aliphatic carbocycles. The summed E-state index contributed by atoms with van der Waals surface area (Å²) in [4.78, 5) is 11.1. The van der Waals surface area contributed by atoms with Gasteiger partial charge in [0.1, 0.15) is 0 Å². The summed E-state index contributed by atoms with van der Waals surface area (Å²) in [5, 5.41) is 0. The first-order valence-electron chi connectivity index (χ1n) is 4.90. The standard InChI is InChI=1S/C10H20O2/c1-4-6-7-8-10(11)12-9(3)5-2/h9H,4-8H2,1-3H3/t9-/m1/s1. The molecule has 1 atom stereocenters. The van der Waals surface area contributed by atoms with E-state index in [1.54, 1.807) is 0 Å².